The van der Waals surface area contributed by atoms with Crippen molar-refractivity contribution in [2.75, 3.05) is 6.54 Å². The van der Waals surface area contributed by atoms with Gasteiger partial charge in [0, 0.05) is 17.7 Å². The van der Waals surface area contributed by atoms with Crippen LogP contribution in [-0.4, -0.2) is 22.5 Å². The molecule has 0 unspecified atom stereocenters. The fraction of sp³-hybridized carbons (Fsp3) is 0.0500. The molecule has 0 bridgehead atoms. The van der Waals surface area contributed by atoms with Gasteiger partial charge in [-0.3, -0.25) is 15.6 Å². The summed E-state index contributed by atoms with van der Waals surface area (Å²) in [5, 5.41) is 3.99. The Kier molecular flexibility index (Phi) is 6.30. The quantitative estimate of drug-likeness (QED) is 0.349. The molecule has 0 aliphatic heterocycles. The molecule has 0 saturated heterocycles. The summed E-state index contributed by atoms with van der Waals surface area (Å²) in [6.45, 7) is 4.12. The molecule has 1 aromatic heterocycles. The van der Waals surface area contributed by atoms with E-state index in [4.69, 9.17) is 17.2 Å². The summed E-state index contributed by atoms with van der Waals surface area (Å²) >= 11 is 6.44. The molecule has 7 heteroatoms. The van der Waals surface area contributed by atoms with Crippen molar-refractivity contribution in [1.29, 1.82) is 0 Å². The highest BCUT2D eigenvalue weighted by Gasteiger charge is 2.20. The van der Waals surface area contributed by atoms with Gasteiger partial charge in [0.15, 0.2) is 5.11 Å². The third-order valence-electron chi connectivity index (χ3n) is 3.60. The maximum absolute atomic E-state index is 12.8. The van der Waals surface area contributed by atoms with Gasteiger partial charge in [-0.15, -0.1) is 17.9 Å². The van der Waals surface area contributed by atoms with E-state index in [1.807, 2.05) is 60.7 Å². The summed E-state index contributed by atoms with van der Waals surface area (Å²) in [6.07, 6.45) is 1.68. The molecule has 0 fully saturated rings. The van der Waals surface area contributed by atoms with Crippen LogP contribution in [0, 0.1) is 0 Å². The molecular formula is C20H18N4OS2. The van der Waals surface area contributed by atoms with Crippen LogP contribution < -0.4 is 16.2 Å². The first-order valence-electron chi connectivity index (χ1n) is 8.26. The summed E-state index contributed by atoms with van der Waals surface area (Å²) in [6, 6.07) is 19.4. The minimum atomic E-state index is -0.295. The molecule has 0 radical (unpaired) electrons. The van der Waals surface area contributed by atoms with Gasteiger partial charge >= 0.3 is 0 Å². The smallest absolute Gasteiger partial charge is 0.282 e. The molecule has 3 rings (SSSR count). The number of benzene rings is 2. The zero-order valence-corrected chi connectivity index (χ0v) is 16.1. The number of nitrogens with zero attached hydrogens (tertiary/aromatic N) is 1. The van der Waals surface area contributed by atoms with Gasteiger partial charge in [-0.25, -0.2) is 4.98 Å². The van der Waals surface area contributed by atoms with E-state index in [1.165, 1.54) is 11.3 Å². The van der Waals surface area contributed by atoms with Crippen LogP contribution in [0.5, 0.6) is 0 Å². The molecule has 1 amide bonds. The van der Waals surface area contributed by atoms with Crippen LogP contribution in [0.3, 0.4) is 0 Å². The van der Waals surface area contributed by atoms with Crippen LogP contribution in [0.1, 0.15) is 9.67 Å². The van der Waals surface area contributed by atoms with Crippen LogP contribution in [0.25, 0.3) is 21.8 Å². The molecule has 0 spiro atoms. The molecule has 2 aromatic carbocycles. The number of thiazole rings is 1. The Bertz CT molecular complexity index is 939. The summed E-state index contributed by atoms with van der Waals surface area (Å²) < 4.78 is 0. The van der Waals surface area contributed by atoms with Crippen molar-refractivity contribution in [1.82, 2.24) is 21.2 Å². The van der Waals surface area contributed by atoms with Crippen molar-refractivity contribution in [3.8, 4) is 21.8 Å². The summed E-state index contributed by atoms with van der Waals surface area (Å²) in [5.41, 5.74) is 7.81. The van der Waals surface area contributed by atoms with Crippen LogP contribution in [0.4, 0.5) is 0 Å². The highest BCUT2D eigenvalue weighted by molar-refractivity contribution is 7.80. The monoisotopic (exact) mass is 394 g/mol. The van der Waals surface area contributed by atoms with Gasteiger partial charge in [0.05, 0.1) is 5.69 Å². The zero-order chi connectivity index (χ0) is 19.1. The Morgan fingerprint density at radius 3 is 2.30 bits per heavy atom. The van der Waals surface area contributed by atoms with Crippen LogP contribution in [-0.2, 0) is 0 Å². The molecule has 1 heterocycles. The molecule has 0 aliphatic rings. The van der Waals surface area contributed by atoms with Crippen LogP contribution in [0.15, 0.2) is 73.3 Å². The Hall–Kier alpha value is -3.03. The average molecular weight is 395 g/mol. The standard InChI is InChI=1S/C20H18N4OS2/c1-2-13-21-20(26)24-23-18(25)17-16(14-9-5-3-6-10-14)22-19(27-17)15-11-7-4-8-12-15/h2-12H,1,13H2,(H,23,25)(H2,21,24,26). The molecule has 0 aliphatic carbocycles. The lowest BCUT2D eigenvalue weighted by atomic mass is 10.1. The van der Waals surface area contributed by atoms with Gasteiger partial charge in [0.2, 0.25) is 0 Å². The number of hydrogen-bond acceptors (Lipinski definition) is 4. The number of nitrogens with one attached hydrogen (secondary N) is 3. The highest BCUT2D eigenvalue weighted by atomic mass is 32.1. The van der Waals surface area contributed by atoms with Crippen LogP contribution >= 0.6 is 23.6 Å². The van der Waals surface area contributed by atoms with Gasteiger partial charge < -0.3 is 5.32 Å². The first kappa shape index (κ1) is 18.8. The maximum Gasteiger partial charge on any atom is 0.282 e. The topological polar surface area (TPSA) is 66.0 Å². The lowest BCUT2D eigenvalue weighted by Crippen LogP contribution is -2.46. The van der Waals surface area contributed by atoms with E-state index in [1.54, 1.807) is 6.08 Å². The first-order chi connectivity index (χ1) is 13.2. The Morgan fingerprint density at radius 1 is 1.04 bits per heavy atom. The number of hydrogen-bond donors (Lipinski definition) is 3. The molecule has 3 N–H and O–H groups in total. The predicted molar refractivity (Wildman–Crippen MR) is 114 cm³/mol. The highest BCUT2D eigenvalue weighted by Crippen LogP contribution is 2.33. The summed E-state index contributed by atoms with van der Waals surface area (Å²) in [4.78, 5) is 18.0. The van der Waals surface area contributed by atoms with Crippen LogP contribution in [0.2, 0.25) is 0 Å². The number of carbonyl (C=O) groups is 1. The van der Waals surface area contributed by atoms with Crippen molar-refractivity contribution in [2.45, 2.75) is 0 Å². The van der Waals surface area contributed by atoms with Crippen molar-refractivity contribution in [3.63, 3.8) is 0 Å². The van der Waals surface area contributed by atoms with E-state index in [0.29, 0.717) is 22.2 Å². The fourth-order valence-corrected chi connectivity index (χ4v) is 3.47. The minimum Gasteiger partial charge on any atom is -0.358 e. The Labute approximate surface area is 167 Å². The van der Waals surface area contributed by atoms with Crippen molar-refractivity contribution >= 4 is 34.6 Å². The number of hydrazine groups is 1. The van der Waals surface area contributed by atoms with Crippen molar-refractivity contribution < 1.29 is 4.79 Å². The van der Waals surface area contributed by atoms with E-state index < -0.39 is 0 Å². The van der Waals surface area contributed by atoms with Crippen molar-refractivity contribution in [3.05, 3.63) is 78.2 Å². The first-order valence-corrected chi connectivity index (χ1v) is 9.48. The van der Waals surface area contributed by atoms with Gasteiger partial charge in [-0.1, -0.05) is 66.7 Å². The molecule has 3 aromatic rings. The van der Waals surface area contributed by atoms with Gasteiger partial charge in [0.1, 0.15) is 9.88 Å². The number of carbonyl (C=O) groups excluding carboxylic acids is 1. The zero-order valence-electron chi connectivity index (χ0n) is 14.4. The Balaban J connectivity index is 1.88. The third-order valence-corrected chi connectivity index (χ3v) is 4.95. The average Bonchev–Trinajstić information content (AvgIpc) is 3.17. The second kappa shape index (κ2) is 9.07. The van der Waals surface area contributed by atoms with E-state index in [2.05, 4.69) is 22.7 Å². The largest absolute Gasteiger partial charge is 0.358 e. The SMILES string of the molecule is C=CCNC(=S)NNC(=O)c1sc(-c2ccccc2)nc1-c1ccccc1. The summed E-state index contributed by atoms with van der Waals surface area (Å²) in [7, 11) is 0. The lowest BCUT2D eigenvalue weighted by Gasteiger charge is -2.10. The van der Waals surface area contributed by atoms with Gasteiger partial charge in [0.25, 0.3) is 5.91 Å². The molecular weight excluding hydrogens is 376 g/mol. The van der Waals surface area contributed by atoms with Gasteiger partial charge in [-0.05, 0) is 12.2 Å². The van der Waals surface area contributed by atoms with E-state index in [-0.39, 0.29) is 5.91 Å². The van der Waals surface area contributed by atoms with Crippen molar-refractivity contribution in [2.24, 2.45) is 0 Å². The fourth-order valence-electron chi connectivity index (χ4n) is 2.35. The minimum absolute atomic E-state index is 0.295. The molecule has 136 valence electrons. The lowest BCUT2D eigenvalue weighted by molar-refractivity contribution is 0.0948. The second-order valence-electron chi connectivity index (χ2n) is 5.51. The number of amides is 1. The molecule has 27 heavy (non-hydrogen) atoms. The van der Waals surface area contributed by atoms with E-state index in [0.717, 1.165) is 16.1 Å². The normalized spacial score (nSPS) is 10.1. The Morgan fingerprint density at radius 2 is 1.67 bits per heavy atom. The third kappa shape index (κ3) is 4.78. The second-order valence-corrected chi connectivity index (χ2v) is 6.91. The maximum atomic E-state index is 12.8. The predicted octanol–water partition coefficient (Wildman–Crippen LogP) is 3.77. The van der Waals surface area contributed by atoms with E-state index >= 15 is 0 Å². The molecule has 0 atom stereocenters. The molecule has 5 nitrogen and oxygen atoms in total. The number of aromatic nitrogens is 1. The molecule has 0 saturated carbocycles. The number of thiocarbonyl (C=S) groups is 1. The summed E-state index contributed by atoms with van der Waals surface area (Å²) in [5.74, 6) is -0.295. The van der Waals surface area contributed by atoms with Gasteiger partial charge in [-0.2, -0.15) is 0 Å². The number of rotatable bonds is 5. The van der Waals surface area contributed by atoms with E-state index in [9.17, 15) is 4.79 Å².